The van der Waals surface area contributed by atoms with Crippen LogP contribution in [0.5, 0.6) is 0 Å². The first kappa shape index (κ1) is 10.8. The molecule has 1 aromatic rings. The quantitative estimate of drug-likeness (QED) is 0.546. The van der Waals surface area contributed by atoms with Gasteiger partial charge in [0.2, 0.25) is 0 Å². The molecule has 0 heterocycles. The van der Waals surface area contributed by atoms with Crippen LogP contribution in [0.2, 0.25) is 6.04 Å². The van der Waals surface area contributed by atoms with Crippen molar-refractivity contribution in [3.63, 3.8) is 0 Å². The van der Waals surface area contributed by atoms with Gasteiger partial charge in [-0.1, -0.05) is 42.1 Å². The van der Waals surface area contributed by atoms with E-state index in [4.69, 9.17) is 23.2 Å². The number of alkyl halides is 2. The summed E-state index contributed by atoms with van der Waals surface area (Å²) in [6.45, 7) is 3.99. The molecule has 0 saturated carbocycles. The lowest BCUT2D eigenvalue weighted by Crippen LogP contribution is -1.98. The minimum atomic E-state index is -0.279. The molecule has 0 unspecified atom stereocenters. The van der Waals surface area contributed by atoms with Crippen LogP contribution < -0.4 is 0 Å². The van der Waals surface area contributed by atoms with E-state index in [1.165, 1.54) is 5.56 Å². The summed E-state index contributed by atoms with van der Waals surface area (Å²) in [4.78, 5) is -0.279. The Morgan fingerprint density at radius 2 is 1.92 bits per heavy atom. The van der Waals surface area contributed by atoms with Crippen molar-refractivity contribution < 1.29 is 0 Å². The molecule has 0 spiro atoms. The summed E-state index contributed by atoms with van der Waals surface area (Å²) in [5, 5.41) is 1.12. The molecule has 0 N–H and O–H groups in total. The largest absolute Gasteiger partial charge is 0.106 e. The van der Waals surface area contributed by atoms with Crippen LogP contribution in [-0.2, 0) is 0 Å². The molecule has 2 radical (unpaired) electrons. The summed E-state index contributed by atoms with van der Waals surface area (Å²) < 4.78 is 0. The van der Waals surface area contributed by atoms with E-state index in [2.05, 4.69) is 6.58 Å². The standard InChI is InChI=1S/C10H10Cl2Si/c1-8(13-7-10(11)12)9-5-3-2-4-6-9/h2-6,10H,1,7H2. The van der Waals surface area contributed by atoms with E-state index < -0.39 is 0 Å². The predicted octanol–water partition coefficient (Wildman–Crippen LogP) is 3.58. The van der Waals surface area contributed by atoms with Crippen LogP contribution >= 0.6 is 23.2 Å². The van der Waals surface area contributed by atoms with Crippen LogP contribution in [0.4, 0.5) is 0 Å². The third-order valence-electron chi connectivity index (χ3n) is 1.59. The van der Waals surface area contributed by atoms with Gasteiger partial charge >= 0.3 is 0 Å². The fraction of sp³-hybridized carbons (Fsp3) is 0.200. The summed E-state index contributed by atoms with van der Waals surface area (Å²) in [5.41, 5.74) is 1.18. The highest BCUT2D eigenvalue weighted by atomic mass is 35.5. The molecular formula is C10H10Cl2Si. The Labute approximate surface area is 91.4 Å². The van der Waals surface area contributed by atoms with E-state index in [0.717, 1.165) is 11.2 Å². The van der Waals surface area contributed by atoms with Crippen molar-refractivity contribution in [3.05, 3.63) is 42.5 Å². The lowest BCUT2D eigenvalue weighted by Gasteiger charge is -2.04. The molecule has 0 aliphatic heterocycles. The summed E-state index contributed by atoms with van der Waals surface area (Å²) in [6.07, 6.45) is 0. The first-order valence-corrected chi connectivity index (χ1v) is 6.04. The second-order valence-corrected chi connectivity index (χ2v) is 5.26. The van der Waals surface area contributed by atoms with E-state index >= 15 is 0 Å². The van der Waals surface area contributed by atoms with E-state index in [-0.39, 0.29) is 4.84 Å². The molecule has 0 bridgehead atoms. The number of hydrogen-bond acceptors (Lipinski definition) is 0. The minimum Gasteiger partial charge on any atom is -0.106 e. The summed E-state index contributed by atoms with van der Waals surface area (Å²) in [6, 6.07) is 10.9. The van der Waals surface area contributed by atoms with Crippen LogP contribution in [0.3, 0.4) is 0 Å². The van der Waals surface area contributed by atoms with Gasteiger partial charge in [0, 0.05) is 0 Å². The van der Waals surface area contributed by atoms with Gasteiger partial charge in [-0.05, 0) is 11.6 Å². The average Bonchev–Trinajstić information content (AvgIpc) is 2.15. The Bertz CT molecular complexity index is 270. The molecule has 0 aliphatic carbocycles. The van der Waals surface area contributed by atoms with Gasteiger partial charge in [0.25, 0.3) is 0 Å². The topological polar surface area (TPSA) is 0 Å². The van der Waals surface area contributed by atoms with Crippen LogP contribution in [0.25, 0.3) is 5.20 Å². The fourth-order valence-electron chi connectivity index (χ4n) is 0.942. The molecule has 0 aromatic heterocycles. The van der Waals surface area contributed by atoms with Gasteiger partial charge in [0.15, 0.2) is 0 Å². The van der Waals surface area contributed by atoms with E-state index in [9.17, 15) is 0 Å². The maximum Gasteiger partial charge on any atom is 0.105 e. The molecule has 0 nitrogen and oxygen atoms in total. The van der Waals surface area contributed by atoms with Crippen LogP contribution in [0, 0.1) is 0 Å². The van der Waals surface area contributed by atoms with Crippen molar-refractivity contribution in [2.45, 2.75) is 10.9 Å². The monoisotopic (exact) mass is 228 g/mol. The predicted molar refractivity (Wildman–Crippen MR) is 61.5 cm³/mol. The maximum absolute atomic E-state index is 5.64. The van der Waals surface area contributed by atoms with Crippen molar-refractivity contribution in [1.29, 1.82) is 0 Å². The highest BCUT2D eigenvalue weighted by Gasteiger charge is 2.03. The summed E-state index contributed by atoms with van der Waals surface area (Å²) >= 11 is 11.3. The molecular weight excluding hydrogens is 219 g/mol. The smallest absolute Gasteiger partial charge is 0.105 e. The highest BCUT2D eigenvalue weighted by molar-refractivity contribution is 6.63. The maximum atomic E-state index is 5.64. The molecule has 0 saturated heterocycles. The van der Waals surface area contributed by atoms with Crippen molar-refractivity contribution in [3.8, 4) is 0 Å². The lowest BCUT2D eigenvalue weighted by atomic mass is 10.2. The Morgan fingerprint density at radius 1 is 1.31 bits per heavy atom. The van der Waals surface area contributed by atoms with E-state index in [0.29, 0.717) is 9.52 Å². The van der Waals surface area contributed by atoms with Gasteiger partial charge in [-0.2, -0.15) is 0 Å². The number of hydrogen-bond donors (Lipinski definition) is 0. The molecule has 1 rings (SSSR count). The third kappa shape index (κ3) is 3.99. The average molecular weight is 229 g/mol. The van der Waals surface area contributed by atoms with E-state index in [1.54, 1.807) is 0 Å². The van der Waals surface area contributed by atoms with Gasteiger partial charge in [0.1, 0.15) is 4.84 Å². The molecule has 68 valence electrons. The highest BCUT2D eigenvalue weighted by Crippen LogP contribution is 2.15. The zero-order valence-electron chi connectivity index (χ0n) is 7.13. The first-order chi connectivity index (χ1) is 6.20. The van der Waals surface area contributed by atoms with Crippen LogP contribution in [0.15, 0.2) is 36.9 Å². The van der Waals surface area contributed by atoms with Gasteiger partial charge in [0.05, 0.1) is 9.52 Å². The van der Waals surface area contributed by atoms with Crippen molar-refractivity contribution in [2.24, 2.45) is 0 Å². The van der Waals surface area contributed by atoms with Gasteiger partial charge < -0.3 is 0 Å². The Balaban J connectivity index is 2.50. The van der Waals surface area contributed by atoms with Crippen molar-refractivity contribution >= 4 is 37.9 Å². The number of rotatable bonds is 4. The Hall–Kier alpha value is -0.243. The zero-order chi connectivity index (χ0) is 9.68. The normalized spacial score (nSPS) is 10.4. The fourth-order valence-corrected chi connectivity index (χ4v) is 2.18. The molecule has 0 fully saturated rings. The van der Waals surface area contributed by atoms with Crippen LogP contribution in [-0.4, -0.2) is 14.4 Å². The Morgan fingerprint density at radius 3 is 2.46 bits per heavy atom. The molecule has 3 heteroatoms. The molecule has 13 heavy (non-hydrogen) atoms. The van der Waals surface area contributed by atoms with Crippen LogP contribution in [0.1, 0.15) is 5.56 Å². The van der Waals surface area contributed by atoms with Crippen molar-refractivity contribution in [2.75, 3.05) is 0 Å². The molecule has 0 aliphatic rings. The van der Waals surface area contributed by atoms with Crippen molar-refractivity contribution in [1.82, 2.24) is 0 Å². The van der Waals surface area contributed by atoms with Gasteiger partial charge in [-0.15, -0.1) is 23.2 Å². The summed E-state index contributed by atoms with van der Waals surface area (Å²) in [7, 11) is 0.605. The van der Waals surface area contributed by atoms with Gasteiger partial charge in [-0.3, -0.25) is 0 Å². The second-order valence-electron chi connectivity index (χ2n) is 2.62. The van der Waals surface area contributed by atoms with Gasteiger partial charge in [-0.25, -0.2) is 0 Å². The number of halogens is 2. The molecule has 0 atom stereocenters. The van der Waals surface area contributed by atoms with E-state index in [1.807, 2.05) is 30.3 Å². The third-order valence-corrected chi connectivity index (χ3v) is 3.75. The summed E-state index contributed by atoms with van der Waals surface area (Å²) in [5.74, 6) is 0. The Kier molecular flexibility index (Phi) is 4.57. The second kappa shape index (κ2) is 5.48. The molecule has 1 aromatic carbocycles. The lowest BCUT2D eigenvalue weighted by molar-refractivity contribution is 1.36. The zero-order valence-corrected chi connectivity index (χ0v) is 9.65. The number of benzene rings is 1. The minimum absolute atomic E-state index is 0.279. The molecule has 0 amide bonds. The first-order valence-electron chi connectivity index (χ1n) is 3.96. The SMILES string of the molecule is C=C([Si]CC(Cl)Cl)c1ccccc1.